The van der Waals surface area contributed by atoms with Crippen LogP contribution in [0.1, 0.15) is 0 Å². The monoisotopic (exact) mass is 315 g/mol. The fraction of sp³-hybridized carbons (Fsp3) is 0. The van der Waals surface area contributed by atoms with Crippen LogP contribution in [0.4, 0.5) is 10.5 Å². The molecule has 7 heteroatoms. The lowest BCUT2D eigenvalue weighted by atomic mass is 10.2. The van der Waals surface area contributed by atoms with Gasteiger partial charge in [0.15, 0.2) is 0 Å². The number of para-hydroxylation sites is 1. The summed E-state index contributed by atoms with van der Waals surface area (Å²) >= 11 is 5.79. The Morgan fingerprint density at radius 1 is 1.09 bits per heavy atom. The molecule has 1 amide bonds. The highest BCUT2D eigenvalue weighted by Crippen LogP contribution is 2.18. The molecule has 0 aliphatic heterocycles. The van der Waals surface area contributed by atoms with Crippen molar-refractivity contribution < 1.29 is 9.21 Å². The number of carbonyl (C=O) groups is 1. The van der Waals surface area contributed by atoms with E-state index in [1.165, 1.54) is 0 Å². The van der Waals surface area contributed by atoms with Gasteiger partial charge >= 0.3 is 11.8 Å². The Kier molecular flexibility index (Phi) is 3.76. The van der Waals surface area contributed by atoms with Gasteiger partial charge < -0.3 is 9.73 Å². The van der Waals surface area contributed by atoms with E-state index in [0.717, 1.165) is 0 Å². The molecular weight excluding hydrogens is 306 g/mol. The Bertz CT molecular complexity index is 854. The zero-order chi connectivity index (χ0) is 15.5. The average molecular weight is 316 g/mol. The van der Waals surface area contributed by atoms with Crippen LogP contribution in [0, 0.1) is 0 Å². The molecule has 22 heavy (non-hydrogen) atoms. The Hall–Kier alpha value is -2.86. The number of anilines is 1. The van der Waals surface area contributed by atoms with Crippen molar-refractivity contribution in [2.24, 2.45) is 0 Å². The molecule has 2 aromatic carbocycles. The summed E-state index contributed by atoms with van der Waals surface area (Å²) in [5.74, 6) is -0.816. The second kappa shape index (κ2) is 5.87. The normalized spacial score (nSPS) is 10.4. The maximum atomic E-state index is 12.0. The molecule has 0 aliphatic carbocycles. The van der Waals surface area contributed by atoms with Gasteiger partial charge in [0.1, 0.15) is 0 Å². The largest absolute Gasteiger partial charge is 0.446 e. The zero-order valence-corrected chi connectivity index (χ0v) is 11.9. The van der Waals surface area contributed by atoms with Gasteiger partial charge in [0.25, 0.3) is 0 Å². The quantitative estimate of drug-likeness (QED) is 0.787. The van der Waals surface area contributed by atoms with E-state index < -0.39 is 11.8 Å². The number of rotatable bonds is 2. The third-order valence-corrected chi connectivity index (χ3v) is 3.11. The Morgan fingerprint density at radius 2 is 1.77 bits per heavy atom. The van der Waals surface area contributed by atoms with Crippen molar-refractivity contribution in [2.75, 3.05) is 5.32 Å². The maximum Gasteiger partial charge on any atom is 0.446 e. The maximum absolute atomic E-state index is 12.0. The van der Waals surface area contributed by atoms with Crippen molar-refractivity contribution in [1.82, 2.24) is 9.78 Å². The van der Waals surface area contributed by atoms with Crippen LogP contribution in [-0.4, -0.2) is 15.8 Å². The second-order valence-corrected chi connectivity index (χ2v) is 4.82. The predicted molar refractivity (Wildman–Crippen MR) is 82.1 cm³/mol. The summed E-state index contributed by atoms with van der Waals surface area (Å²) in [5, 5.41) is 6.99. The summed E-state index contributed by atoms with van der Waals surface area (Å²) < 4.78 is 5.63. The van der Waals surface area contributed by atoms with Gasteiger partial charge in [-0.25, -0.2) is 9.59 Å². The summed E-state index contributed by atoms with van der Waals surface area (Å²) in [5.41, 5.74) is 1.10. The molecule has 0 spiro atoms. The fourth-order valence-electron chi connectivity index (χ4n) is 1.81. The Balaban J connectivity index is 1.87. The lowest BCUT2D eigenvalue weighted by molar-refractivity contribution is 0.249. The van der Waals surface area contributed by atoms with Crippen molar-refractivity contribution in [3.63, 3.8) is 0 Å². The lowest BCUT2D eigenvalue weighted by Gasteiger charge is -2.01. The van der Waals surface area contributed by atoms with Crippen molar-refractivity contribution in [3.8, 4) is 11.5 Å². The summed E-state index contributed by atoms with van der Waals surface area (Å²) in [6.45, 7) is 0. The molecule has 0 atom stereocenters. The molecule has 3 aromatic rings. The van der Waals surface area contributed by atoms with Gasteiger partial charge in [0.2, 0.25) is 5.89 Å². The van der Waals surface area contributed by atoms with Crippen molar-refractivity contribution in [1.29, 1.82) is 0 Å². The van der Waals surface area contributed by atoms with Gasteiger partial charge in [-0.3, -0.25) is 0 Å². The van der Waals surface area contributed by atoms with E-state index in [1.807, 2.05) is 6.07 Å². The van der Waals surface area contributed by atoms with E-state index in [-0.39, 0.29) is 5.89 Å². The van der Waals surface area contributed by atoms with E-state index in [2.05, 4.69) is 10.4 Å². The van der Waals surface area contributed by atoms with Crippen molar-refractivity contribution in [2.45, 2.75) is 0 Å². The van der Waals surface area contributed by atoms with Gasteiger partial charge in [0, 0.05) is 16.3 Å². The lowest BCUT2D eigenvalue weighted by Crippen LogP contribution is -2.29. The molecule has 0 aliphatic rings. The number of nitrogens with one attached hydrogen (secondary N) is 1. The number of aromatic nitrogens is 2. The summed E-state index contributed by atoms with van der Waals surface area (Å²) in [6, 6.07) is 14.6. The standard InChI is InChI=1S/C15H10ClN3O3/c16-11-8-6-10(7-9-11)13-18-19(15(21)22-13)14(20)17-12-4-2-1-3-5-12/h1-9H,(H,17,20). The third kappa shape index (κ3) is 2.91. The van der Waals surface area contributed by atoms with Gasteiger partial charge in [0.05, 0.1) is 0 Å². The zero-order valence-electron chi connectivity index (χ0n) is 11.2. The molecule has 3 rings (SSSR count). The van der Waals surface area contributed by atoms with Gasteiger partial charge in [-0.2, -0.15) is 0 Å². The van der Waals surface area contributed by atoms with Crippen LogP contribution in [0.3, 0.4) is 0 Å². The van der Waals surface area contributed by atoms with E-state index in [9.17, 15) is 9.59 Å². The second-order valence-electron chi connectivity index (χ2n) is 4.39. The topological polar surface area (TPSA) is 77.1 Å². The number of hydrogen-bond acceptors (Lipinski definition) is 4. The first-order valence-electron chi connectivity index (χ1n) is 6.36. The highest BCUT2D eigenvalue weighted by molar-refractivity contribution is 6.30. The molecule has 0 bridgehead atoms. The Morgan fingerprint density at radius 3 is 2.45 bits per heavy atom. The first-order valence-corrected chi connectivity index (χ1v) is 6.74. The summed E-state index contributed by atoms with van der Waals surface area (Å²) in [6.07, 6.45) is 0. The van der Waals surface area contributed by atoms with Crippen molar-refractivity contribution >= 4 is 23.3 Å². The van der Waals surface area contributed by atoms with E-state index >= 15 is 0 Å². The average Bonchev–Trinajstić information content (AvgIpc) is 2.91. The first kappa shape index (κ1) is 14.1. The van der Waals surface area contributed by atoms with Crippen LogP contribution in [0.15, 0.2) is 63.8 Å². The molecule has 1 N–H and O–H groups in total. The molecule has 6 nitrogen and oxygen atoms in total. The Labute approximate surface area is 129 Å². The minimum Gasteiger partial charge on any atom is -0.387 e. The number of amides is 1. The third-order valence-electron chi connectivity index (χ3n) is 2.86. The van der Waals surface area contributed by atoms with Crippen molar-refractivity contribution in [3.05, 3.63) is 70.2 Å². The van der Waals surface area contributed by atoms with Crippen LogP contribution < -0.4 is 11.1 Å². The molecule has 0 saturated carbocycles. The summed E-state index contributed by atoms with van der Waals surface area (Å²) in [7, 11) is 0. The molecule has 1 heterocycles. The number of hydrogen-bond donors (Lipinski definition) is 1. The number of halogens is 1. The molecule has 0 unspecified atom stereocenters. The molecular formula is C15H10ClN3O3. The van der Waals surface area contributed by atoms with Gasteiger partial charge in [-0.15, -0.1) is 9.78 Å². The smallest absolute Gasteiger partial charge is 0.387 e. The van der Waals surface area contributed by atoms with E-state index in [4.69, 9.17) is 16.0 Å². The first-order chi connectivity index (χ1) is 10.6. The molecule has 0 radical (unpaired) electrons. The van der Waals surface area contributed by atoms with Crippen LogP contribution >= 0.6 is 11.6 Å². The molecule has 1 aromatic heterocycles. The molecule has 0 fully saturated rings. The van der Waals surface area contributed by atoms with Crippen LogP contribution in [0.5, 0.6) is 0 Å². The SMILES string of the molecule is O=C(Nc1ccccc1)n1nc(-c2ccc(Cl)cc2)oc1=O. The highest BCUT2D eigenvalue weighted by Gasteiger charge is 2.16. The van der Waals surface area contributed by atoms with Gasteiger partial charge in [-0.1, -0.05) is 29.8 Å². The number of nitrogens with zero attached hydrogens (tertiary/aromatic N) is 2. The van der Waals surface area contributed by atoms with Crippen LogP contribution in [0.2, 0.25) is 5.02 Å². The van der Waals surface area contributed by atoms with Crippen LogP contribution in [-0.2, 0) is 0 Å². The predicted octanol–water partition coefficient (Wildman–Crippen LogP) is 3.24. The van der Waals surface area contributed by atoms with Gasteiger partial charge in [-0.05, 0) is 36.4 Å². The van der Waals surface area contributed by atoms with E-state index in [1.54, 1.807) is 48.5 Å². The number of carbonyl (C=O) groups excluding carboxylic acids is 1. The highest BCUT2D eigenvalue weighted by atomic mass is 35.5. The number of benzene rings is 2. The summed E-state index contributed by atoms with van der Waals surface area (Å²) in [4.78, 5) is 23.8. The van der Waals surface area contributed by atoms with E-state index in [0.29, 0.717) is 21.0 Å². The minimum absolute atomic E-state index is 0.0462. The van der Waals surface area contributed by atoms with Crippen LogP contribution in [0.25, 0.3) is 11.5 Å². The molecule has 0 saturated heterocycles. The molecule has 110 valence electrons. The fourth-order valence-corrected chi connectivity index (χ4v) is 1.94. The minimum atomic E-state index is -0.863.